The van der Waals surface area contributed by atoms with Crippen LogP contribution < -0.4 is 5.73 Å². The smallest absolute Gasteiger partial charge is 0.270 e. The topological polar surface area (TPSA) is 69.2 Å². The van der Waals surface area contributed by atoms with Gasteiger partial charge in [-0.25, -0.2) is 0 Å². The van der Waals surface area contributed by atoms with E-state index in [1.165, 1.54) is 12.1 Å². The SMILES string of the molecule is C[C@H](N)Cc1ccc([N+](=O)[O-])cc1Cl. The van der Waals surface area contributed by atoms with Crippen molar-refractivity contribution in [3.8, 4) is 0 Å². The Bertz CT molecular complexity index is 353. The third-order valence-electron chi connectivity index (χ3n) is 1.79. The first kappa shape index (κ1) is 10.9. The highest BCUT2D eigenvalue weighted by Crippen LogP contribution is 2.23. The van der Waals surface area contributed by atoms with Crippen molar-refractivity contribution < 1.29 is 4.92 Å². The Morgan fingerprint density at radius 2 is 2.29 bits per heavy atom. The van der Waals surface area contributed by atoms with E-state index in [0.717, 1.165) is 5.56 Å². The summed E-state index contributed by atoms with van der Waals surface area (Å²) in [6.07, 6.45) is 0.622. The van der Waals surface area contributed by atoms with Gasteiger partial charge in [0.25, 0.3) is 5.69 Å². The highest BCUT2D eigenvalue weighted by atomic mass is 35.5. The lowest BCUT2D eigenvalue weighted by Gasteiger charge is -2.06. The van der Waals surface area contributed by atoms with Crippen LogP contribution in [0.3, 0.4) is 0 Å². The van der Waals surface area contributed by atoms with E-state index in [1.54, 1.807) is 6.07 Å². The molecule has 1 aromatic carbocycles. The van der Waals surface area contributed by atoms with Crippen LogP contribution in [0.2, 0.25) is 5.02 Å². The Morgan fingerprint density at radius 3 is 2.71 bits per heavy atom. The molecule has 0 saturated carbocycles. The van der Waals surface area contributed by atoms with E-state index in [2.05, 4.69) is 0 Å². The number of hydrogen-bond acceptors (Lipinski definition) is 3. The lowest BCUT2D eigenvalue weighted by molar-refractivity contribution is -0.384. The molecule has 4 nitrogen and oxygen atoms in total. The van der Waals surface area contributed by atoms with Crippen LogP contribution in [-0.2, 0) is 6.42 Å². The van der Waals surface area contributed by atoms with E-state index in [1.807, 2.05) is 6.92 Å². The van der Waals surface area contributed by atoms with Crippen molar-refractivity contribution in [2.45, 2.75) is 19.4 Å². The fourth-order valence-electron chi connectivity index (χ4n) is 1.16. The maximum absolute atomic E-state index is 10.4. The number of nitrogens with zero attached hydrogens (tertiary/aromatic N) is 1. The zero-order valence-corrected chi connectivity index (χ0v) is 8.49. The van der Waals surface area contributed by atoms with Gasteiger partial charge in [-0.3, -0.25) is 10.1 Å². The number of rotatable bonds is 3. The second-order valence-electron chi connectivity index (χ2n) is 3.21. The van der Waals surface area contributed by atoms with Gasteiger partial charge >= 0.3 is 0 Å². The molecule has 0 aliphatic carbocycles. The molecular weight excluding hydrogens is 204 g/mol. The third-order valence-corrected chi connectivity index (χ3v) is 2.14. The molecule has 0 aliphatic rings. The molecule has 76 valence electrons. The van der Waals surface area contributed by atoms with E-state index in [-0.39, 0.29) is 11.7 Å². The van der Waals surface area contributed by atoms with Crippen LogP contribution in [0.1, 0.15) is 12.5 Å². The minimum absolute atomic E-state index is 0.00317. The van der Waals surface area contributed by atoms with Gasteiger partial charge in [-0.2, -0.15) is 0 Å². The first-order valence-corrected chi connectivity index (χ1v) is 4.57. The van der Waals surface area contributed by atoms with Crippen molar-refractivity contribution in [2.24, 2.45) is 5.73 Å². The Balaban J connectivity index is 2.95. The fraction of sp³-hybridized carbons (Fsp3) is 0.333. The largest absolute Gasteiger partial charge is 0.328 e. The molecule has 1 atom stereocenters. The van der Waals surface area contributed by atoms with Crippen molar-refractivity contribution >= 4 is 17.3 Å². The summed E-state index contributed by atoms with van der Waals surface area (Å²) in [7, 11) is 0. The Labute approximate surface area is 86.8 Å². The molecule has 0 amide bonds. The number of benzene rings is 1. The predicted molar refractivity (Wildman–Crippen MR) is 55.5 cm³/mol. The molecule has 0 saturated heterocycles. The number of non-ortho nitro benzene ring substituents is 1. The number of nitro groups is 1. The van der Waals surface area contributed by atoms with Gasteiger partial charge < -0.3 is 5.73 Å². The molecule has 2 N–H and O–H groups in total. The van der Waals surface area contributed by atoms with Gasteiger partial charge in [0.1, 0.15) is 0 Å². The molecule has 1 aromatic rings. The standard InChI is InChI=1S/C9H11ClN2O2/c1-6(11)4-7-2-3-8(12(13)14)5-9(7)10/h2-3,5-6H,4,11H2,1H3/t6-/m0/s1. The van der Waals surface area contributed by atoms with Crippen LogP contribution in [0.5, 0.6) is 0 Å². The van der Waals surface area contributed by atoms with Crippen LogP contribution in [-0.4, -0.2) is 11.0 Å². The lowest BCUT2D eigenvalue weighted by atomic mass is 10.1. The third kappa shape index (κ3) is 2.68. The van der Waals surface area contributed by atoms with Gasteiger partial charge in [0, 0.05) is 18.2 Å². The second-order valence-corrected chi connectivity index (χ2v) is 3.62. The van der Waals surface area contributed by atoms with E-state index in [9.17, 15) is 10.1 Å². The zero-order chi connectivity index (χ0) is 10.7. The molecule has 0 bridgehead atoms. The minimum atomic E-state index is -0.471. The second kappa shape index (κ2) is 4.39. The molecule has 1 rings (SSSR count). The first-order chi connectivity index (χ1) is 6.50. The van der Waals surface area contributed by atoms with E-state index >= 15 is 0 Å². The first-order valence-electron chi connectivity index (χ1n) is 4.19. The van der Waals surface area contributed by atoms with Crippen LogP contribution in [0.25, 0.3) is 0 Å². The van der Waals surface area contributed by atoms with Crippen LogP contribution in [0.4, 0.5) is 5.69 Å². The normalized spacial score (nSPS) is 12.5. The summed E-state index contributed by atoms with van der Waals surface area (Å²) in [5.41, 5.74) is 6.44. The zero-order valence-electron chi connectivity index (χ0n) is 7.74. The summed E-state index contributed by atoms with van der Waals surface area (Å²) >= 11 is 5.86. The summed E-state index contributed by atoms with van der Waals surface area (Å²) in [4.78, 5) is 9.94. The summed E-state index contributed by atoms with van der Waals surface area (Å²) in [6, 6.07) is 4.42. The number of nitro benzene ring substituents is 1. The predicted octanol–water partition coefficient (Wildman–Crippen LogP) is 2.14. The number of hydrogen-bond donors (Lipinski definition) is 1. The highest BCUT2D eigenvalue weighted by molar-refractivity contribution is 6.31. The van der Waals surface area contributed by atoms with Crippen LogP contribution in [0, 0.1) is 10.1 Å². The minimum Gasteiger partial charge on any atom is -0.328 e. The van der Waals surface area contributed by atoms with E-state index < -0.39 is 4.92 Å². The Kier molecular flexibility index (Phi) is 3.43. The summed E-state index contributed by atoms with van der Waals surface area (Å²) in [5, 5.41) is 10.8. The average molecular weight is 215 g/mol. The molecule has 0 unspecified atom stereocenters. The molecule has 0 radical (unpaired) electrons. The van der Waals surface area contributed by atoms with Gasteiger partial charge in [0.15, 0.2) is 0 Å². The van der Waals surface area contributed by atoms with E-state index in [4.69, 9.17) is 17.3 Å². The van der Waals surface area contributed by atoms with Gasteiger partial charge in [0.2, 0.25) is 0 Å². The van der Waals surface area contributed by atoms with Crippen molar-refractivity contribution in [1.82, 2.24) is 0 Å². The maximum atomic E-state index is 10.4. The van der Waals surface area contributed by atoms with E-state index in [0.29, 0.717) is 11.4 Å². The number of nitrogens with two attached hydrogens (primary N) is 1. The van der Waals surface area contributed by atoms with Crippen molar-refractivity contribution in [3.05, 3.63) is 38.9 Å². The molecular formula is C9H11ClN2O2. The fourth-order valence-corrected chi connectivity index (χ4v) is 1.41. The van der Waals surface area contributed by atoms with Gasteiger partial charge in [-0.15, -0.1) is 0 Å². The molecule has 0 aromatic heterocycles. The molecule has 0 aliphatic heterocycles. The van der Waals surface area contributed by atoms with Crippen LogP contribution in [0.15, 0.2) is 18.2 Å². The number of halogens is 1. The molecule has 5 heteroatoms. The monoisotopic (exact) mass is 214 g/mol. The van der Waals surface area contributed by atoms with Crippen molar-refractivity contribution in [2.75, 3.05) is 0 Å². The van der Waals surface area contributed by atoms with Crippen molar-refractivity contribution in [1.29, 1.82) is 0 Å². The molecule has 14 heavy (non-hydrogen) atoms. The summed E-state index contributed by atoms with van der Waals surface area (Å²) in [6.45, 7) is 1.86. The van der Waals surface area contributed by atoms with Gasteiger partial charge in [-0.1, -0.05) is 17.7 Å². The molecule has 0 spiro atoms. The maximum Gasteiger partial charge on any atom is 0.270 e. The Morgan fingerprint density at radius 1 is 1.64 bits per heavy atom. The summed E-state index contributed by atoms with van der Waals surface area (Å²) < 4.78 is 0. The average Bonchev–Trinajstić information content (AvgIpc) is 2.07. The van der Waals surface area contributed by atoms with Crippen LogP contribution >= 0.6 is 11.6 Å². The lowest BCUT2D eigenvalue weighted by Crippen LogP contribution is -2.17. The molecule has 0 heterocycles. The summed E-state index contributed by atoms with van der Waals surface area (Å²) in [5.74, 6) is 0. The molecule has 0 fully saturated rings. The van der Waals surface area contributed by atoms with Crippen molar-refractivity contribution in [3.63, 3.8) is 0 Å². The van der Waals surface area contributed by atoms with Gasteiger partial charge in [0.05, 0.1) is 9.95 Å². The van der Waals surface area contributed by atoms with Gasteiger partial charge in [-0.05, 0) is 18.9 Å². The Hall–Kier alpha value is -1.13. The highest BCUT2D eigenvalue weighted by Gasteiger charge is 2.09. The quantitative estimate of drug-likeness (QED) is 0.619.